The van der Waals surface area contributed by atoms with E-state index in [1.54, 1.807) is 11.7 Å². The zero-order valence-corrected chi connectivity index (χ0v) is 10.9. The summed E-state index contributed by atoms with van der Waals surface area (Å²) in [6.07, 6.45) is -4.16. The first-order chi connectivity index (χ1) is 8.88. The van der Waals surface area contributed by atoms with Crippen LogP contribution in [0.1, 0.15) is 12.7 Å². The van der Waals surface area contributed by atoms with Gasteiger partial charge in [-0.1, -0.05) is 0 Å². The van der Waals surface area contributed by atoms with Crippen molar-refractivity contribution in [2.75, 3.05) is 26.2 Å². The maximum atomic E-state index is 12.6. The van der Waals surface area contributed by atoms with Crippen molar-refractivity contribution in [3.8, 4) is 0 Å². The van der Waals surface area contributed by atoms with Crippen molar-refractivity contribution >= 4 is 0 Å². The van der Waals surface area contributed by atoms with Crippen LogP contribution in [0.4, 0.5) is 13.2 Å². The number of piperazine rings is 1. The largest absolute Gasteiger partial charge is 0.403 e. The average molecular weight is 278 g/mol. The Bertz CT molecular complexity index is 410. The number of aryl methyl sites for hydroxylation is 1. The van der Waals surface area contributed by atoms with Crippen LogP contribution in [0.2, 0.25) is 0 Å². The lowest BCUT2D eigenvalue weighted by atomic mass is 10.2. The number of rotatable bonds is 3. The fraction of sp³-hybridized carbons (Fsp3) is 0.900. The molecular weight excluding hydrogens is 261 g/mol. The Labute approximate surface area is 109 Å². The van der Waals surface area contributed by atoms with Crippen LogP contribution < -0.4 is 0 Å². The van der Waals surface area contributed by atoms with Crippen LogP contribution in [0, 0.1) is 0 Å². The Kier molecular flexibility index (Phi) is 4.04. The van der Waals surface area contributed by atoms with Gasteiger partial charge in [-0.25, -0.2) is 4.68 Å². The van der Waals surface area contributed by atoms with Gasteiger partial charge in [-0.3, -0.25) is 9.80 Å². The van der Waals surface area contributed by atoms with Crippen LogP contribution >= 0.6 is 0 Å². The third-order valence-corrected chi connectivity index (χ3v) is 3.50. The Morgan fingerprint density at radius 2 is 1.84 bits per heavy atom. The highest BCUT2D eigenvalue weighted by molar-refractivity contribution is 4.84. The van der Waals surface area contributed by atoms with E-state index in [0.717, 1.165) is 5.82 Å². The molecule has 0 N–H and O–H groups in total. The molecule has 1 fully saturated rings. The van der Waals surface area contributed by atoms with Gasteiger partial charge >= 0.3 is 6.18 Å². The van der Waals surface area contributed by atoms with E-state index in [4.69, 9.17) is 0 Å². The molecule has 6 nitrogen and oxygen atoms in total. The molecular formula is C10H17F3N6. The summed E-state index contributed by atoms with van der Waals surface area (Å²) in [4.78, 5) is 3.52. The zero-order valence-electron chi connectivity index (χ0n) is 10.9. The summed E-state index contributed by atoms with van der Waals surface area (Å²) in [7, 11) is 1.75. The quantitative estimate of drug-likeness (QED) is 0.795. The Morgan fingerprint density at radius 1 is 1.21 bits per heavy atom. The molecule has 19 heavy (non-hydrogen) atoms. The van der Waals surface area contributed by atoms with Crippen LogP contribution in [0.15, 0.2) is 0 Å². The first-order valence-electron chi connectivity index (χ1n) is 6.12. The molecule has 0 amide bonds. The summed E-state index contributed by atoms with van der Waals surface area (Å²) in [5, 5.41) is 11.1. The van der Waals surface area contributed by atoms with Gasteiger partial charge < -0.3 is 0 Å². The molecule has 9 heteroatoms. The van der Waals surface area contributed by atoms with Gasteiger partial charge in [0.25, 0.3) is 0 Å². The molecule has 2 rings (SSSR count). The molecule has 0 radical (unpaired) electrons. The maximum absolute atomic E-state index is 12.6. The monoisotopic (exact) mass is 278 g/mol. The Hall–Kier alpha value is -1.22. The van der Waals surface area contributed by atoms with Crippen LogP contribution in [0.3, 0.4) is 0 Å². The second-order valence-electron chi connectivity index (χ2n) is 4.75. The number of alkyl halides is 3. The third kappa shape index (κ3) is 3.41. The van der Waals surface area contributed by atoms with E-state index >= 15 is 0 Å². The van der Waals surface area contributed by atoms with Crippen LogP contribution in [0.25, 0.3) is 0 Å². The Balaban J connectivity index is 1.84. The third-order valence-electron chi connectivity index (χ3n) is 3.50. The molecule has 1 aliphatic rings. The first-order valence-corrected chi connectivity index (χ1v) is 6.12. The molecule has 0 aromatic carbocycles. The number of halogens is 3. The van der Waals surface area contributed by atoms with E-state index < -0.39 is 12.2 Å². The summed E-state index contributed by atoms with van der Waals surface area (Å²) < 4.78 is 39.4. The summed E-state index contributed by atoms with van der Waals surface area (Å²) in [6.45, 7) is 3.78. The lowest BCUT2D eigenvalue weighted by Gasteiger charge is -2.38. The number of nitrogens with zero attached hydrogens (tertiary/aromatic N) is 6. The van der Waals surface area contributed by atoms with Gasteiger partial charge in [0.2, 0.25) is 0 Å². The van der Waals surface area contributed by atoms with Crippen molar-refractivity contribution in [3.05, 3.63) is 5.82 Å². The first kappa shape index (κ1) is 14.2. The lowest BCUT2D eigenvalue weighted by Crippen LogP contribution is -2.53. The van der Waals surface area contributed by atoms with E-state index in [1.165, 1.54) is 11.8 Å². The van der Waals surface area contributed by atoms with E-state index in [0.29, 0.717) is 32.7 Å². The lowest BCUT2D eigenvalue weighted by molar-refractivity contribution is -0.182. The van der Waals surface area contributed by atoms with Gasteiger partial charge in [-0.15, -0.1) is 5.10 Å². The predicted molar refractivity (Wildman–Crippen MR) is 61.2 cm³/mol. The summed E-state index contributed by atoms with van der Waals surface area (Å²) in [5.74, 6) is 0.720. The SMILES string of the molecule is CC(N1CCN(Cc2nnnn2C)CC1)C(F)(F)F. The van der Waals surface area contributed by atoms with Gasteiger partial charge in [-0.05, 0) is 17.4 Å². The number of tetrazole rings is 1. The second kappa shape index (κ2) is 5.41. The van der Waals surface area contributed by atoms with E-state index in [-0.39, 0.29) is 0 Å². The van der Waals surface area contributed by atoms with Crippen molar-refractivity contribution in [1.29, 1.82) is 0 Å². The molecule has 1 atom stereocenters. The van der Waals surface area contributed by atoms with Gasteiger partial charge in [0.05, 0.1) is 6.54 Å². The number of aromatic nitrogens is 4. The highest BCUT2D eigenvalue weighted by Gasteiger charge is 2.40. The van der Waals surface area contributed by atoms with Gasteiger partial charge in [0.15, 0.2) is 5.82 Å². The van der Waals surface area contributed by atoms with E-state index in [9.17, 15) is 13.2 Å². The molecule has 0 saturated carbocycles. The summed E-state index contributed by atoms with van der Waals surface area (Å²) in [6, 6.07) is -1.38. The van der Waals surface area contributed by atoms with E-state index in [2.05, 4.69) is 20.4 Å². The zero-order chi connectivity index (χ0) is 14.0. The molecule has 2 heterocycles. The standard InChI is InChI=1S/C10H17F3N6/c1-8(10(11,12)13)19-5-3-18(4-6-19)7-9-14-15-16-17(9)2/h8H,3-7H2,1-2H3. The van der Waals surface area contributed by atoms with Crippen molar-refractivity contribution in [2.45, 2.75) is 25.7 Å². The van der Waals surface area contributed by atoms with Crippen molar-refractivity contribution in [3.63, 3.8) is 0 Å². The molecule has 1 aromatic rings. The van der Waals surface area contributed by atoms with Crippen molar-refractivity contribution in [1.82, 2.24) is 30.0 Å². The van der Waals surface area contributed by atoms with Crippen molar-refractivity contribution < 1.29 is 13.2 Å². The average Bonchev–Trinajstić information content (AvgIpc) is 2.74. The highest BCUT2D eigenvalue weighted by atomic mass is 19.4. The minimum absolute atomic E-state index is 0.409. The maximum Gasteiger partial charge on any atom is 0.403 e. The minimum Gasteiger partial charge on any atom is -0.293 e. The molecule has 1 aliphatic heterocycles. The van der Waals surface area contributed by atoms with Crippen LogP contribution in [-0.4, -0.2) is 68.4 Å². The fourth-order valence-electron chi connectivity index (χ4n) is 2.10. The normalized spacial score (nSPS) is 20.7. The van der Waals surface area contributed by atoms with E-state index in [1.807, 2.05) is 0 Å². The van der Waals surface area contributed by atoms with Gasteiger partial charge in [0, 0.05) is 33.2 Å². The Morgan fingerprint density at radius 3 is 2.32 bits per heavy atom. The van der Waals surface area contributed by atoms with Crippen LogP contribution in [0.5, 0.6) is 0 Å². The predicted octanol–water partition coefficient (Wildman–Crippen LogP) is 0.278. The number of hydrogen-bond acceptors (Lipinski definition) is 5. The molecule has 1 saturated heterocycles. The fourth-order valence-corrected chi connectivity index (χ4v) is 2.10. The smallest absolute Gasteiger partial charge is 0.293 e. The molecule has 108 valence electrons. The topological polar surface area (TPSA) is 50.1 Å². The van der Waals surface area contributed by atoms with Crippen molar-refractivity contribution in [2.24, 2.45) is 7.05 Å². The molecule has 0 aliphatic carbocycles. The summed E-state index contributed by atoms with van der Waals surface area (Å²) in [5.41, 5.74) is 0. The second-order valence-corrected chi connectivity index (χ2v) is 4.75. The molecule has 1 aromatic heterocycles. The molecule has 1 unspecified atom stereocenters. The molecule has 0 bridgehead atoms. The van der Waals surface area contributed by atoms with Gasteiger partial charge in [0.1, 0.15) is 6.04 Å². The highest BCUT2D eigenvalue weighted by Crippen LogP contribution is 2.25. The number of hydrogen-bond donors (Lipinski definition) is 0. The van der Waals surface area contributed by atoms with Crippen LogP contribution in [-0.2, 0) is 13.6 Å². The minimum atomic E-state index is -4.16. The summed E-state index contributed by atoms with van der Waals surface area (Å²) >= 11 is 0. The molecule has 0 spiro atoms. The van der Waals surface area contributed by atoms with Gasteiger partial charge in [-0.2, -0.15) is 13.2 Å².